The second-order valence-corrected chi connectivity index (χ2v) is 7.31. The summed E-state index contributed by atoms with van der Waals surface area (Å²) >= 11 is 0. The maximum Gasteiger partial charge on any atom is 0.240 e. The molecule has 20 heavy (non-hydrogen) atoms. The van der Waals surface area contributed by atoms with Gasteiger partial charge in [-0.25, -0.2) is 13.1 Å². The number of benzene rings is 1. The molecular weight excluding hydrogens is 272 g/mol. The average Bonchev–Trinajstić information content (AvgIpc) is 2.34. The average molecular weight is 298 g/mol. The summed E-state index contributed by atoms with van der Waals surface area (Å²) in [7, 11) is -3.42. The van der Waals surface area contributed by atoms with Crippen molar-refractivity contribution in [3.05, 3.63) is 29.3 Å². The number of hydrogen-bond donors (Lipinski definition) is 2. The largest absolute Gasteiger partial charge is 0.310 e. The molecule has 0 spiro atoms. The van der Waals surface area contributed by atoms with Crippen molar-refractivity contribution in [2.75, 3.05) is 0 Å². The molecule has 0 atom stereocenters. The summed E-state index contributed by atoms with van der Waals surface area (Å²) < 4.78 is 27.0. The lowest BCUT2D eigenvalue weighted by Gasteiger charge is -2.15. The third kappa shape index (κ3) is 4.89. The minimum absolute atomic E-state index is 0.108. The first kappa shape index (κ1) is 17.1. The molecule has 0 aliphatic rings. The lowest BCUT2D eigenvalue weighted by Crippen LogP contribution is -2.30. The van der Waals surface area contributed by atoms with Crippen molar-refractivity contribution in [3.8, 4) is 0 Å². The van der Waals surface area contributed by atoms with Gasteiger partial charge >= 0.3 is 0 Å². The smallest absolute Gasteiger partial charge is 0.240 e. The molecule has 0 amide bonds. The van der Waals surface area contributed by atoms with Crippen molar-refractivity contribution in [2.45, 2.75) is 64.6 Å². The van der Waals surface area contributed by atoms with Gasteiger partial charge in [0.2, 0.25) is 10.0 Å². The van der Waals surface area contributed by atoms with Gasteiger partial charge in [-0.3, -0.25) is 0 Å². The van der Waals surface area contributed by atoms with E-state index in [1.165, 1.54) is 5.56 Å². The third-order valence-electron chi connectivity index (χ3n) is 2.96. The maximum absolute atomic E-state index is 12.2. The second kappa shape index (κ2) is 7.20. The molecule has 0 fully saturated rings. The van der Waals surface area contributed by atoms with Crippen LogP contribution in [0.1, 0.15) is 45.7 Å². The third-order valence-corrected chi connectivity index (χ3v) is 4.62. The summed E-state index contributed by atoms with van der Waals surface area (Å²) in [5.41, 5.74) is 2.23. The predicted octanol–water partition coefficient (Wildman–Crippen LogP) is 2.43. The molecule has 0 saturated carbocycles. The molecule has 0 aliphatic heterocycles. The molecule has 0 aliphatic carbocycles. The van der Waals surface area contributed by atoms with E-state index in [4.69, 9.17) is 0 Å². The highest BCUT2D eigenvalue weighted by atomic mass is 32.2. The van der Waals surface area contributed by atoms with E-state index < -0.39 is 10.0 Å². The molecule has 5 heteroatoms. The Hall–Kier alpha value is -0.910. The van der Waals surface area contributed by atoms with Gasteiger partial charge in [0.25, 0.3) is 0 Å². The van der Waals surface area contributed by atoms with Crippen LogP contribution in [0.2, 0.25) is 0 Å². The van der Waals surface area contributed by atoms with E-state index in [9.17, 15) is 8.42 Å². The van der Waals surface area contributed by atoms with Gasteiger partial charge in [-0.2, -0.15) is 0 Å². The number of hydrogen-bond acceptors (Lipinski definition) is 3. The monoisotopic (exact) mass is 298 g/mol. The quantitative estimate of drug-likeness (QED) is 0.813. The summed E-state index contributed by atoms with van der Waals surface area (Å²) in [6.07, 6.45) is 0.896. The van der Waals surface area contributed by atoms with E-state index in [2.05, 4.69) is 30.8 Å². The molecule has 0 bridgehead atoms. The lowest BCUT2D eigenvalue weighted by molar-refractivity contribution is 0.568. The molecular formula is C15H26N2O2S. The summed E-state index contributed by atoms with van der Waals surface area (Å²) in [4.78, 5) is 0.337. The van der Waals surface area contributed by atoms with E-state index in [0.717, 1.165) is 12.0 Å². The molecule has 114 valence electrons. The van der Waals surface area contributed by atoms with Crippen LogP contribution in [0.15, 0.2) is 23.1 Å². The van der Waals surface area contributed by atoms with E-state index in [1.54, 1.807) is 12.1 Å². The molecule has 1 aromatic rings. The normalized spacial score (nSPS) is 12.3. The molecule has 2 N–H and O–H groups in total. The van der Waals surface area contributed by atoms with Crippen molar-refractivity contribution in [2.24, 2.45) is 0 Å². The Morgan fingerprint density at radius 1 is 1.05 bits per heavy atom. The van der Waals surface area contributed by atoms with Gasteiger partial charge in [-0.1, -0.05) is 26.8 Å². The van der Waals surface area contributed by atoms with Crippen molar-refractivity contribution in [1.82, 2.24) is 10.0 Å². The zero-order chi connectivity index (χ0) is 15.3. The number of nitrogens with one attached hydrogen (secondary N) is 2. The summed E-state index contributed by atoms with van der Waals surface area (Å²) in [6, 6.07) is 5.63. The zero-order valence-electron chi connectivity index (χ0n) is 13.0. The van der Waals surface area contributed by atoms with Crippen LogP contribution >= 0.6 is 0 Å². The lowest BCUT2D eigenvalue weighted by atomic mass is 10.1. The summed E-state index contributed by atoms with van der Waals surface area (Å²) in [6.45, 7) is 10.6. The molecule has 0 unspecified atom stereocenters. The van der Waals surface area contributed by atoms with Crippen LogP contribution in [0.25, 0.3) is 0 Å². The van der Waals surface area contributed by atoms with Gasteiger partial charge in [-0.15, -0.1) is 0 Å². The van der Waals surface area contributed by atoms with Gasteiger partial charge in [0.15, 0.2) is 0 Å². The summed E-state index contributed by atoms with van der Waals surface area (Å²) in [5, 5.41) is 3.34. The van der Waals surface area contributed by atoms with E-state index in [-0.39, 0.29) is 6.04 Å². The zero-order valence-corrected chi connectivity index (χ0v) is 13.8. The van der Waals surface area contributed by atoms with Gasteiger partial charge in [0, 0.05) is 18.6 Å². The molecule has 4 nitrogen and oxygen atoms in total. The molecule has 0 heterocycles. The number of aryl methyl sites for hydroxylation is 1. The number of sulfonamides is 1. The first-order chi connectivity index (χ1) is 9.26. The molecule has 1 rings (SSSR count). The molecule has 1 aromatic carbocycles. The van der Waals surface area contributed by atoms with Crippen LogP contribution in [0.5, 0.6) is 0 Å². The van der Waals surface area contributed by atoms with Gasteiger partial charge < -0.3 is 5.32 Å². The first-order valence-electron chi connectivity index (χ1n) is 7.13. The van der Waals surface area contributed by atoms with Crippen LogP contribution in [0, 0.1) is 0 Å². The Labute approximate surface area is 123 Å². The van der Waals surface area contributed by atoms with Crippen LogP contribution in [-0.4, -0.2) is 20.5 Å². The SMILES string of the molecule is CCc1ccc(S(=O)(=O)NC(C)C)cc1CNC(C)C. The Morgan fingerprint density at radius 3 is 2.20 bits per heavy atom. The predicted molar refractivity (Wildman–Crippen MR) is 83.3 cm³/mol. The van der Waals surface area contributed by atoms with Gasteiger partial charge in [0.05, 0.1) is 4.90 Å². The van der Waals surface area contributed by atoms with Crippen LogP contribution in [-0.2, 0) is 23.0 Å². The van der Waals surface area contributed by atoms with E-state index >= 15 is 0 Å². The van der Waals surface area contributed by atoms with Gasteiger partial charge in [0.1, 0.15) is 0 Å². The molecule has 0 radical (unpaired) electrons. The first-order valence-corrected chi connectivity index (χ1v) is 8.62. The Kier molecular flexibility index (Phi) is 6.17. The van der Waals surface area contributed by atoms with E-state index in [0.29, 0.717) is 17.5 Å². The van der Waals surface area contributed by atoms with Crippen LogP contribution < -0.4 is 10.0 Å². The minimum Gasteiger partial charge on any atom is -0.310 e. The van der Waals surface area contributed by atoms with Crippen LogP contribution in [0.3, 0.4) is 0 Å². The highest BCUT2D eigenvalue weighted by Gasteiger charge is 2.16. The maximum atomic E-state index is 12.2. The fourth-order valence-corrected chi connectivity index (χ4v) is 3.27. The minimum atomic E-state index is -3.42. The van der Waals surface area contributed by atoms with Crippen LogP contribution in [0.4, 0.5) is 0 Å². The highest BCUT2D eigenvalue weighted by molar-refractivity contribution is 7.89. The highest BCUT2D eigenvalue weighted by Crippen LogP contribution is 2.17. The van der Waals surface area contributed by atoms with Gasteiger partial charge in [-0.05, 0) is 43.5 Å². The summed E-state index contributed by atoms with van der Waals surface area (Å²) in [5.74, 6) is 0. The fourth-order valence-electron chi connectivity index (χ4n) is 1.97. The Balaban J connectivity index is 3.08. The Bertz CT molecular complexity index is 537. The topological polar surface area (TPSA) is 58.2 Å². The standard InChI is InChI=1S/C15H26N2O2S/c1-6-13-7-8-15(20(18,19)17-12(4)5)9-14(13)10-16-11(2)3/h7-9,11-12,16-17H,6,10H2,1-5H3. The van der Waals surface area contributed by atoms with Crippen molar-refractivity contribution < 1.29 is 8.42 Å². The fraction of sp³-hybridized carbons (Fsp3) is 0.600. The van der Waals surface area contributed by atoms with Crippen molar-refractivity contribution in [3.63, 3.8) is 0 Å². The number of rotatable bonds is 7. The van der Waals surface area contributed by atoms with Crippen molar-refractivity contribution in [1.29, 1.82) is 0 Å². The Morgan fingerprint density at radius 2 is 1.70 bits per heavy atom. The second-order valence-electron chi connectivity index (χ2n) is 5.60. The van der Waals surface area contributed by atoms with Crippen molar-refractivity contribution >= 4 is 10.0 Å². The molecule has 0 saturated heterocycles. The van der Waals surface area contributed by atoms with E-state index in [1.807, 2.05) is 19.9 Å². The molecule has 0 aromatic heterocycles.